The SMILES string of the molecule is O=C(CCl)NI1OC(=O)Cc2ccccc21. The molecule has 16 heavy (non-hydrogen) atoms. The molecular weight excluding hydrogens is 344 g/mol. The van der Waals surface area contributed by atoms with Crippen LogP contribution in [0, 0.1) is 3.57 Å². The van der Waals surface area contributed by atoms with Gasteiger partial charge in [0.15, 0.2) is 0 Å². The molecule has 1 heterocycles. The molecule has 0 radical (unpaired) electrons. The van der Waals surface area contributed by atoms with E-state index in [-0.39, 0.29) is 24.2 Å². The van der Waals surface area contributed by atoms with Gasteiger partial charge >= 0.3 is 106 Å². The first kappa shape index (κ1) is 11.7. The van der Waals surface area contributed by atoms with Crippen molar-refractivity contribution >= 4 is 44.0 Å². The number of hydrogen-bond acceptors (Lipinski definition) is 3. The molecule has 86 valence electrons. The molecule has 6 heteroatoms. The van der Waals surface area contributed by atoms with Crippen LogP contribution in [0.2, 0.25) is 0 Å². The van der Waals surface area contributed by atoms with Crippen LogP contribution in [0.5, 0.6) is 0 Å². The predicted molar refractivity (Wildman–Crippen MR) is 67.8 cm³/mol. The van der Waals surface area contributed by atoms with E-state index in [1.165, 1.54) is 0 Å². The quantitative estimate of drug-likeness (QED) is 0.500. The maximum atomic E-state index is 11.3. The molecule has 0 saturated heterocycles. The van der Waals surface area contributed by atoms with Crippen molar-refractivity contribution in [3.8, 4) is 0 Å². The number of rotatable bonds is 2. The van der Waals surface area contributed by atoms with Crippen molar-refractivity contribution in [2.45, 2.75) is 6.42 Å². The summed E-state index contributed by atoms with van der Waals surface area (Å²) in [6, 6.07) is 7.51. The van der Waals surface area contributed by atoms with Gasteiger partial charge in [-0.25, -0.2) is 0 Å². The number of alkyl halides is 1. The summed E-state index contributed by atoms with van der Waals surface area (Å²) < 4.78 is 8.87. The molecule has 0 spiro atoms. The number of halogens is 2. The van der Waals surface area contributed by atoms with E-state index in [0.717, 1.165) is 9.13 Å². The van der Waals surface area contributed by atoms with Crippen LogP contribution >= 0.6 is 32.1 Å². The Morgan fingerprint density at radius 1 is 1.50 bits per heavy atom. The Kier molecular flexibility index (Phi) is 3.65. The monoisotopic (exact) mass is 353 g/mol. The number of benzene rings is 1. The molecule has 1 amide bonds. The van der Waals surface area contributed by atoms with Crippen molar-refractivity contribution in [1.82, 2.24) is 3.53 Å². The Hall–Kier alpha value is -0.820. The number of fused-ring (bicyclic) bond motifs is 1. The van der Waals surface area contributed by atoms with E-state index < -0.39 is 20.5 Å². The van der Waals surface area contributed by atoms with Gasteiger partial charge in [-0.1, -0.05) is 0 Å². The molecule has 1 aromatic rings. The third-order valence-corrected chi connectivity index (χ3v) is 6.33. The second kappa shape index (κ2) is 5.01. The molecule has 0 aliphatic carbocycles. The van der Waals surface area contributed by atoms with E-state index in [1.807, 2.05) is 24.3 Å². The van der Waals surface area contributed by atoms with Gasteiger partial charge in [-0.2, -0.15) is 0 Å². The molecule has 1 aliphatic rings. The van der Waals surface area contributed by atoms with Crippen molar-refractivity contribution in [1.29, 1.82) is 0 Å². The molecule has 1 aliphatic heterocycles. The van der Waals surface area contributed by atoms with Gasteiger partial charge in [-0.3, -0.25) is 0 Å². The number of nitrogens with one attached hydrogen (secondary N) is 1. The van der Waals surface area contributed by atoms with Crippen molar-refractivity contribution in [3.05, 3.63) is 33.4 Å². The molecular formula is C10H9ClINO3. The summed E-state index contributed by atoms with van der Waals surface area (Å²) >= 11 is 3.03. The standard InChI is InChI=1S/C10H9ClINO3/c11-6-9(14)13-12-8-4-2-1-3-7(8)5-10(15)16-12/h1-4H,5-6H2,(H,13,14). The summed E-state index contributed by atoms with van der Waals surface area (Å²) in [4.78, 5) is 22.5. The molecule has 0 saturated carbocycles. The Bertz CT molecular complexity index is 438. The average Bonchev–Trinajstić information content (AvgIpc) is 2.28. The summed E-state index contributed by atoms with van der Waals surface area (Å²) in [7, 11) is 0. The molecule has 0 fully saturated rings. The average molecular weight is 354 g/mol. The van der Waals surface area contributed by atoms with Crippen LogP contribution in [0.3, 0.4) is 0 Å². The van der Waals surface area contributed by atoms with Gasteiger partial charge in [0.05, 0.1) is 0 Å². The van der Waals surface area contributed by atoms with E-state index in [2.05, 4.69) is 3.53 Å². The zero-order valence-corrected chi connectivity index (χ0v) is 11.1. The van der Waals surface area contributed by atoms with E-state index in [1.54, 1.807) is 0 Å². The Morgan fingerprint density at radius 2 is 2.25 bits per heavy atom. The molecule has 0 unspecified atom stereocenters. The van der Waals surface area contributed by atoms with E-state index in [0.29, 0.717) is 0 Å². The second-order valence-corrected chi connectivity index (χ2v) is 6.95. The van der Waals surface area contributed by atoms with Gasteiger partial charge in [-0.15, -0.1) is 0 Å². The van der Waals surface area contributed by atoms with Crippen molar-refractivity contribution < 1.29 is 12.7 Å². The predicted octanol–water partition coefficient (Wildman–Crippen LogP) is 1.65. The third-order valence-electron chi connectivity index (χ3n) is 1.95. The Balaban J connectivity index is 2.26. The van der Waals surface area contributed by atoms with Crippen LogP contribution in [0.4, 0.5) is 0 Å². The zero-order chi connectivity index (χ0) is 11.5. The van der Waals surface area contributed by atoms with Gasteiger partial charge in [0.1, 0.15) is 0 Å². The molecule has 4 nitrogen and oxygen atoms in total. The molecule has 0 bridgehead atoms. The Labute approximate surface area is 106 Å². The van der Waals surface area contributed by atoms with Crippen molar-refractivity contribution in [3.63, 3.8) is 0 Å². The van der Waals surface area contributed by atoms with Crippen LogP contribution in [0.25, 0.3) is 0 Å². The summed E-state index contributed by atoms with van der Waals surface area (Å²) in [5.41, 5.74) is 0.943. The number of hydrogen-bond donors (Lipinski definition) is 1. The second-order valence-electron chi connectivity index (χ2n) is 3.12. The Morgan fingerprint density at radius 3 is 3.00 bits per heavy atom. The van der Waals surface area contributed by atoms with Gasteiger partial charge in [0.25, 0.3) is 0 Å². The third kappa shape index (κ3) is 2.46. The zero-order valence-electron chi connectivity index (χ0n) is 8.20. The van der Waals surface area contributed by atoms with Crippen LogP contribution < -0.4 is 3.53 Å². The van der Waals surface area contributed by atoms with Crippen LogP contribution in [-0.2, 0) is 19.1 Å². The topological polar surface area (TPSA) is 55.4 Å². The first-order chi connectivity index (χ1) is 7.70. The molecule has 0 aromatic heterocycles. The van der Waals surface area contributed by atoms with Crippen LogP contribution in [0.1, 0.15) is 5.56 Å². The molecule has 1 aromatic carbocycles. The summed E-state index contributed by atoms with van der Waals surface area (Å²) in [6.07, 6.45) is 0.279. The molecule has 2 rings (SSSR count). The van der Waals surface area contributed by atoms with Crippen molar-refractivity contribution in [2.75, 3.05) is 5.88 Å². The fraction of sp³-hybridized carbons (Fsp3) is 0.200. The number of carbonyl (C=O) groups is 2. The fourth-order valence-electron chi connectivity index (χ4n) is 1.31. The van der Waals surface area contributed by atoms with E-state index in [9.17, 15) is 9.59 Å². The summed E-state index contributed by atoms with van der Waals surface area (Å²) in [6.45, 7) is 0. The maximum absolute atomic E-state index is 11.3. The van der Waals surface area contributed by atoms with Crippen LogP contribution in [0.15, 0.2) is 24.3 Å². The first-order valence-electron chi connectivity index (χ1n) is 4.55. The number of carbonyl (C=O) groups excluding carboxylic acids is 2. The number of amides is 1. The first-order valence-corrected chi connectivity index (χ1v) is 8.12. The normalized spacial score (nSPS) is 16.3. The minimum absolute atomic E-state index is 0.117. The minimum atomic E-state index is -2.38. The van der Waals surface area contributed by atoms with E-state index in [4.69, 9.17) is 14.7 Å². The molecule has 1 N–H and O–H groups in total. The van der Waals surface area contributed by atoms with E-state index >= 15 is 0 Å². The van der Waals surface area contributed by atoms with Crippen LogP contribution in [-0.4, -0.2) is 17.8 Å². The van der Waals surface area contributed by atoms with Gasteiger partial charge in [-0.05, 0) is 0 Å². The van der Waals surface area contributed by atoms with Gasteiger partial charge < -0.3 is 0 Å². The fourth-order valence-corrected chi connectivity index (χ4v) is 5.16. The summed E-state index contributed by atoms with van der Waals surface area (Å²) in [5.74, 6) is -0.691. The molecule has 0 atom stereocenters. The van der Waals surface area contributed by atoms with Crippen molar-refractivity contribution in [2.24, 2.45) is 0 Å². The van der Waals surface area contributed by atoms with Gasteiger partial charge in [0, 0.05) is 0 Å². The van der Waals surface area contributed by atoms with Gasteiger partial charge in [0.2, 0.25) is 0 Å². The summed E-state index contributed by atoms with van der Waals surface area (Å²) in [5, 5.41) is 0.